The zero-order valence-corrected chi connectivity index (χ0v) is 17.1. The van der Waals surface area contributed by atoms with Crippen molar-refractivity contribution in [3.05, 3.63) is 90.0 Å². The fraction of sp³-hybridized carbons (Fsp3) is 0.240. The lowest BCUT2D eigenvalue weighted by molar-refractivity contribution is -0.130. The molecule has 1 fully saturated rings. The van der Waals surface area contributed by atoms with Gasteiger partial charge >= 0.3 is 0 Å². The van der Waals surface area contributed by atoms with Crippen molar-refractivity contribution in [2.45, 2.75) is 19.3 Å². The summed E-state index contributed by atoms with van der Waals surface area (Å²) in [6, 6.07) is 17.6. The van der Waals surface area contributed by atoms with Crippen LogP contribution in [0.4, 0.5) is 4.39 Å². The van der Waals surface area contributed by atoms with Crippen LogP contribution in [0.1, 0.15) is 28.8 Å². The number of hydrogen-bond acceptors (Lipinski definition) is 3. The maximum Gasteiger partial charge on any atom is 0.253 e. The average molecular weight is 417 g/mol. The Bertz CT molecular complexity index is 1080. The zero-order valence-electron chi connectivity index (χ0n) is 17.1. The molecule has 31 heavy (non-hydrogen) atoms. The number of benzene rings is 2. The van der Waals surface area contributed by atoms with Gasteiger partial charge in [0.15, 0.2) is 0 Å². The monoisotopic (exact) mass is 417 g/mol. The van der Waals surface area contributed by atoms with Gasteiger partial charge in [0.25, 0.3) is 5.91 Å². The first-order chi connectivity index (χ1) is 15.0. The molecule has 2 aromatic carbocycles. The maximum atomic E-state index is 14.0. The molecule has 158 valence electrons. The summed E-state index contributed by atoms with van der Waals surface area (Å²) < 4.78 is 14.0. The number of primary amides is 1. The van der Waals surface area contributed by atoms with Crippen molar-refractivity contribution >= 4 is 11.8 Å². The van der Waals surface area contributed by atoms with Gasteiger partial charge in [-0.15, -0.1) is 0 Å². The summed E-state index contributed by atoms with van der Waals surface area (Å²) in [6.07, 6.45) is 4.70. The smallest absolute Gasteiger partial charge is 0.253 e. The van der Waals surface area contributed by atoms with Crippen molar-refractivity contribution in [1.82, 2.24) is 9.88 Å². The van der Waals surface area contributed by atoms with Gasteiger partial charge in [-0.1, -0.05) is 42.5 Å². The number of carbonyl (C=O) groups excluding carboxylic acids is 2. The zero-order chi connectivity index (χ0) is 21.8. The molecule has 4 rings (SSSR count). The molecular weight excluding hydrogens is 393 g/mol. The number of nitrogens with zero attached hydrogens (tertiary/aromatic N) is 2. The Morgan fingerprint density at radius 1 is 0.968 bits per heavy atom. The molecule has 0 saturated carbocycles. The normalized spacial score (nSPS) is 15.5. The molecule has 0 radical (unpaired) electrons. The molecule has 2 N–H and O–H groups in total. The van der Waals surface area contributed by atoms with Crippen molar-refractivity contribution in [2.24, 2.45) is 11.1 Å². The van der Waals surface area contributed by atoms with Crippen molar-refractivity contribution in [3.63, 3.8) is 0 Å². The summed E-state index contributed by atoms with van der Waals surface area (Å²) in [4.78, 5) is 30.8. The topological polar surface area (TPSA) is 76.3 Å². The second-order valence-corrected chi connectivity index (χ2v) is 8.03. The molecule has 1 aromatic heterocycles. The second kappa shape index (κ2) is 8.68. The van der Waals surface area contributed by atoms with E-state index in [1.165, 1.54) is 6.07 Å². The molecule has 0 bridgehead atoms. The summed E-state index contributed by atoms with van der Waals surface area (Å²) >= 11 is 0. The van der Waals surface area contributed by atoms with E-state index >= 15 is 0 Å². The summed E-state index contributed by atoms with van der Waals surface area (Å²) in [5.41, 5.74) is 8.01. The molecule has 2 amide bonds. The van der Waals surface area contributed by atoms with Crippen LogP contribution in [-0.4, -0.2) is 34.8 Å². The summed E-state index contributed by atoms with van der Waals surface area (Å²) in [5.74, 6) is -0.675. The Balaban J connectivity index is 1.47. The molecule has 0 spiro atoms. The van der Waals surface area contributed by atoms with Gasteiger partial charge in [-0.25, -0.2) is 4.39 Å². The molecule has 5 nitrogen and oxygen atoms in total. The van der Waals surface area contributed by atoms with Gasteiger partial charge < -0.3 is 10.6 Å². The fourth-order valence-electron chi connectivity index (χ4n) is 4.21. The number of likely N-dealkylation sites (tertiary alicyclic amines) is 1. The third-order valence-corrected chi connectivity index (χ3v) is 6.14. The fourth-order valence-corrected chi connectivity index (χ4v) is 4.21. The van der Waals surface area contributed by atoms with E-state index in [1.807, 2.05) is 24.3 Å². The Morgan fingerprint density at radius 2 is 1.61 bits per heavy atom. The SMILES string of the molecule is NC(=O)C1(Cc2ccc(-c3ccccc3F)cc2)CCN(C(=O)c2ccncc2)CC1. The van der Waals surface area contributed by atoms with Crippen molar-refractivity contribution < 1.29 is 14.0 Å². The molecule has 0 atom stereocenters. The predicted octanol–water partition coefficient (Wildman–Crippen LogP) is 3.84. The molecule has 2 heterocycles. The molecule has 1 aliphatic heterocycles. The minimum Gasteiger partial charge on any atom is -0.369 e. The van der Waals surface area contributed by atoms with E-state index < -0.39 is 5.41 Å². The van der Waals surface area contributed by atoms with Crippen molar-refractivity contribution in [2.75, 3.05) is 13.1 Å². The molecule has 0 aliphatic carbocycles. The number of nitrogens with two attached hydrogens (primary N) is 1. The molecular formula is C25H24FN3O2. The minimum absolute atomic E-state index is 0.0605. The highest BCUT2D eigenvalue weighted by atomic mass is 19.1. The van der Waals surface area contributed by atoms with E-state index in [9.17, 15) is 14.0 Å². The van der Waals surface area contributed by atoms with Crippen LogP contribution in [0.3, 0.4) is 0 Å². The van der Waals surface area contributed by atoms with Gasteiger partial charge in [0.1, 0.15) is 5.82 Å². The van der Waals surface area contributed by atoms with Crippen LogP contribution in [0.25, 0.3) is 11.1 Å². The number of amides is 2. The highest BCUT2D eigenvalue weighted by Gasteiger charge is 2.41. The number of pyridine rings is 1. The summed E-state index contributed by atoms with van der Waals surface area (Å²) in [7, 11) is 0. The molecule has 1 aliphatic rings. The Kier molecular flexibility index (Phi) is 5.80. The van der Waals surface area contributed by atoms with E-state index in [-0.39, 0.29) is 17.6 Å². The van der Waals surface area contributed by atoms with Gasteiger partial charge in [-0.2, -0.15) is 0 Å². The predicted molar refractivity (Wildman–Crippen MR) is 117 cm³/mol. The van der Waals surface area contributed by atoms with Crippen molar-refractivity contribution in [1.29, 1.82) is 0 Å². The van der Waals surface area contributed by atoms with Gasteiger partial charge in [-0.05, 0) is 48.6 Å². The lowest BCUT2D eigenvalue weighted by atomic mass is 9.73. The third kappa shape index (κ3) is 4.33. The number of rotatable bonds is 5. The summed E-state index contributed by atoms with van der Waals surface area (Å²) in [5, 5.41) is 0. The summed E-state index contributed by atoms with van der Waals surface area (Å²) in [6.45, 7) is 0.939. The lowest BCUT2D eigenvalue weighted by Gasteiger charge is -2.40. The Morgan fingerprint density at radius 3 is 2.23 bits per heavy atom. The Hall–Kier alpha value is -3.54. The largest absolute Gasteiger partial charge is 0.369 e. The molecule has 6 heteroatoms. The van der Waals surface area contributed by atoms with E-state index in [0.717, 1.165) is 11.1 Å². The first kappa shape index (κ1) is 20.7. The van der Waals surface area contributed by atoms with E-state index in [0.29, 0.717) is 43.5 Å². The van der Waals surface area contributed by atoms with Gasteiger partial charge in [0, 0.05) is 36.6 Å². The van der Waals surface area contributed by atoms with Crippen molar-refractivity contribution in [3.8, 4) is 11.1 Å². The van der Waals surface area contributed by atoms with Gasteiger partial charge in [0.2, 0.25) is 5.91 Å². The molecule has 0 unspecified atom stereocenters. The van der Waals surface area contributed by atoms with Crippen LogP contribution in [0, 0.1) is 11.2 Å². The van der Waals surface area contributed by atoms with E-state index in [4.69, 9.17) is 5.73 Å². The first-order valence-electron chi connectivity index (χ1n) is 10.3. The van der Waals surface area contributed by atoms with Crippen LogP contribution in [0.15, 0.2) is 73.1 Å². The number of aromatic nitrogens is 1. The van der Waals surface area contributed by atoms with E-state index in [1.54, 1.807) is 47.6 Å². The first-order valence-corrected chi connectivity index (χ1v) is 10.3. The number of carbonyl (C=O) groups is 2. The molecule has 3 aromatic rings. The third-order valence-electron chi connectivity index (χ3n) is 6.14. The average Bonchev–Trinajstić information content (AvgIpc) is 2.80. The van der Waals surface area contributed by atoms with Crippen LogP contribution in [0.2, 0.25) is 0 Å². The quantitative estimate of drug-likeness (QED) is 0.685. The maximum absolute atomic E-state index is 14.0. The van der Waals surface area contributed by atoms with Crippen LogP contribution in [0.5, 0.6) is 0 Å². The second-order valence-electron chi connectivity index (χ2n) is 8.03. The van der Waals surface area contributed by atoms with Crippen LogP contribution < -0.4 is 5.73 Å². The van der Waals surface area contributed by atoms with Gasteiger partial charge in [-0.3, -0.25) is 14.6 Å². The Labute approximate surface area is 180 Å². The highest BCUT2D eigenvalue weighted by molar-refractivity contribution is 5.94. The number of halogens is 1. The van der Waals surface area contributed by atoms with E-state index in [2.05, 4.69) is 4.98 Å². The molecule has 1 saturated heterocycles. The van der Waals surface area contributed by atoms with Crippen LogP contribution in [-0.2, 0) is 11.2 Å². The highest BCUT2D eigenvalue weighted by Crippen LogP contribution is 2.36. The lowest BCUT2D eigenvalue weighted by Crippen LogP contribution is -2.49. The minimum atomic E-state index is -0.700. The standard InChI is InChI=1S/C25H24FN3O2/c26-22-4-2-1-3-21(22)19-7-5-18(6-8-19)17-25(24(27)31)11-15-29(16-12-25)23(30)20-9-13-28-14-10-20/h1-10,13-14H,11-12,15-17H2,(H2,27,31). The van der Waals surface area contributed by atoms with Crippen LogP contribution >= 0.6 is 0 Å². The van der Waals surface area contributed by atoms with Gasteiger partial charge in [0.05, 0.1) is 5.41 Å². The number of piperidine rings is 1. The number of hydrogen-bond donors (Lipinski definition) is 1.